The molecule has 3 aliphatic rings. The van der Waals surface area contributed by atoms with Gasteiger partial charge in [-0.2, -0.15) is 0 Å². The maximum absolute atomic E-state index is 13.4. The van der Waals surface area contributed by atoms with Crippen LogP contribution in [0.1, 0.15) is 38.0 Å². The number of ketones is 2. The molecule has 2 aliphatic heterocycles. The molecule has 0 bridgehead atoms. The molecule has 154 valence electrons. The number of carbonyl (C=O) groups is 4. The summed E-state index contributed by atoms with van der Waals surface area (Å²) in [5, 5.41) is 0.950. The number of hydrogen-bond acceptors (Lipinski definition) is 4. The van der Waals surface area contributed by atoms with Crippen LogP contribution >= 0.6 is 0 Å². The minimum atomic E-state index is -1.06. The van der Waals surface area contributed by atoms with Crippen molar-refractivity contribution < 1.29 is 19.2 Å². The average Bonchev–Trinajstić information content (AvgIpc) is 3.26. The second kappa shape index (κ2) is 6.14. The third kappa shape index (κ3) is 2.28. The Labute approximate surface area is 177 Å². The maximum atomic E-state index is 13.4. The first-order chi connectivity index (χ1) is 15.0. The van der Waals surface area contributed by atoms with E-state index in [4.69, 9.17) is 0 Å². The molecule has 0 saturated carbocycles. The van der Waals surface area contributed by atoms with Gasteiger partial charge < -0.3 is 14.8 Å². The normalized spacial score (nSPS) is 23.4. The van der Waals surface area contributed by atoms with Crippen LogP contribution in [0.4, 0.5) is 0 Å². The maximum Gasteiger partial charge on any atom is 0.245 e. The number of nitrogens with one attached hydrogen (secondary N) is 1. The van der Waals surface area contributed by atoms with Crippen molar-refractivity contribution in [3.05, 3.63) is 70.9 Å². The van der Waals surface area contributed by atoms with Crippen molar-refractivity contribution in [1.29, 1.82) is 0 Å². The zero-order valence-corrected chi connectivity index (χ0v) is 16.8. The van der Waals surface area contributed by atoms with Crippen LogP contribution in [-0.4, -0.2) is 57.8 Å². The first kappa shape index (κ1) is 18.1. The van der Waals surface area contributed by atoms with Gasteiger partial charge in [-0.1, -0.05) is 42.5 Å². The number of para-hydroxylation sites is 1. The van der Waals surface area contributed by atoms with Gasteiger partial charge in [0, 0.05) is 41.2 Å². The molecule has 3 heterocycles. The molecule has 1 aliphatic carbocycles. The van der Waals surface area contributed by atoms with Gasteiger partial charge in [-0.15, -0.1) is 0 Å². The summed E-state index contributed by atoms with van der Waals surface area (Å²) in [6, 6.07) is 12.9. The molecule has 2 aromatic carbocycles. The van der Waals surface area contributed by atoms with E-state index in [-0.39, 0.29) is 29.9 Å². The van der Waals surface area contributed by atoms with Crippen molar-refractivity contribution in [3.8, 4) is 0 Å². The molecule has 0 unspecified atom stereocenters. The fraction of sp³-hybridized carbons (Fsp3) is 0.250. The fourth-order valence-corrected chi connectivity index (χ4v) is 5.45. The highest BCUT2D eigenvalue weighted by molar-refractivity contribution is 6.27. The molecule has 31 heavy (non-hydrogen) atoms. The van der Waals surface area contributed by atoms with E-state index in [0.717, 1.165) is 16.5 Å². The topological polar surface area (TPSA) is 90.6 Å². The third-order valence-corrected chi connectivity index (χ3v) is 6.84. The molecule has 3 aromatic rings. The zero-order valence-electron chi connectivity index (χ0n) is 16.8. The Bertz CT molecular complexity index is 1290. The number of carbonyl (C=O) groups excluding carboxylic acids is 4. The lowest BCUT2D eigenvalue weighted by Crippen LogP contribution is -2.63. The van der Waals surface area contributed by atoms with Crippen molar-refractivity contribution in [2.24, 2.45) is 5.92 Å². The van der Waals surface area contributed by atoms with Gasteiger partial charge in [0.05, 0.1) is 12.6 Å². The lowest BCUT2D eigenvalue weighted by Gasteiger charge is -2.47. The molecule has 0 radical (unpaired) electrons. The van der Waals surface area contributed by atoms with E-state index in [9.17, 15) is 19.2 Å². The highest BCUT2D eigenvalue weighted by atomic mass is 16.2. The summed E-state index contributed by atoms with van der Waals surface area (Å²) in [5.74, 6) is -2.08. The van der Waals surface area contributed by atoms with E-state index >= 15 is 0 Å². The van der Waals surface area contributed by atoms with Crippen LogP contribution in [0.2, 0.25) is 0 Å². The Morgan fingerprint density at radius 2 is 1.55 bits per heavy atom. The molecular weight excluding hydrogens is 394 g/mol. The van der Waals surface area contributed by atoms with E-state index in [1.54, 1.807) is 31.3 Å². The van der Waals surface area contributed by atoms with Gasteiger partial charge >= 0.3 is 0 Å². The fourth-order valence-electron chi connectivity index (χ4n) is 5.45. The third-order valence-electron chi connectivity index (χ3n) is 6.84. The predicted octanol–water partition coefficient (Wildman–Crippen LogP) is 2.13. The summed E-state index contributed by atoms with van der Waals surface area (Å²) in [6.45, 7) is -0.0660. The van der Waals surface area contributed by atoms with Crippen molar-refractivity contribution in [1.82, 2.24) is 14.8 Å². The van der Waals surface area contributed by atoms with Gasteiger partial charge in [0.15, 0.2) is 11.6 Å². The van der Waals surface area contributed by atoms with Crippen LogP contribution < -0.4 is 0 Å². The number of benzene rings is 2. The SMILES string of the molecule is CN1CC(=O)N2[C@H](Cc3c([nH]c4ccccc34)[C@H]2C2C(=O)c3ccccc3C2=O)C1=O. The van der Waals surface area contributed by atoms with Crippen LogP contribution in [0.25, 0.3) is 10.9 Å². The number of nitrogens with zero attached hydrogens (tertiary/aromatic N) is 2. The van der Waals surface area contributed by atoms with Crippen LogP contribution in [0.5, 0.6) is 0 Å². The molecule has 6 rings (SSSR count). The lowest BCUT2D eigenvalue weighted by atomic mass is 9.81. The number of H-pyrrole nitrogens is 1. The van der Waals surface area contributed by atoms with E-state index in [0.29, 0.717) is 23.2 Å². The molecule has 2 atom stereocenters. The standard InChI is InChI=1S/C24H19N3O4/c1-26-11-18(28)27-17(24(26)31)10-15-12-6-4-5-9-16(12)25-20(15)21(27)19-22(29)13-7-2-3-8-14(13)23(19)30/h2-9,17,19,21,25H,10-11H2,1H3/t17-,21-/m1/s1. The van der Waals surface area contributed by atoms with Gasteiger partial charge in [0.2, 0.25) is 11.8 Å². The molecule has 1 fully saturated rings. The van der Waals surface area contributed by atoms with Crippen molar-refractivity contribution in [3.63, 3.8) is 0 Å². The monoisotopic (exact) mass is 413 g/mol. The summed E-state index contributed by atoms with van der Waals surface area (Å²) in [5.41, 5.74) is 3.20. The first-order valence-electron chi connectivity index (χ1n) is 10.3. The molecule has 1 saturated heterocycles. The predicted molar refractivity (Wildman–Crippen MR) is 112 cm³/mol. The smallest absolute Gasteiger partial charge is 0.245 e. The average molecular weight is 413 g/mol. The Morgan fingerprint density at radius 3 is 2.26 bits per heavy atom. The second-order valence-corrected chi connectivity index (χ2v) is 8.47. The number of likely N-dealkylation sites (N-methyl/N-ethyl adjacent to an activating group) is 1. The number of aromatic nitrogens is 1. The van der Waals surface area contributed by atoms with Crippen LogP contribution in [0.3, 0.4) is 0 Å². The van der Waals surface area contributed by atoms with Crippen molar-refractivity contribution >= 4 is 34.3 Å². The Morgan fingerprint density at radius 1 is 0.903 bits per heavy atom. The van der Waals surface area contributed by atoms with Gasteiger partial charge in [-0.05, 0) is 11.6 Å². The van der Waals surface area contributed by atoms with E-state index in [2.05, 4.69) is 4.98 Å². The Balaban J connectivity index is 1.59. The molecular formula is C24H19N3O4. The minimum Gasteiger partial charge on any atom is -0.356 e. The summed E-state index contributed by atoms with van der Waals surface area (Å²) >= 11 is 0. The van der Waals surface area contributed by atoms with Gasteiger partial charge in [0.25, 0.3) is 0 Å². The van der Waals surface area contributed by atoms with E-state index in [1.165, 1.54) is 9.80 Å². The molecule has 7 nitrogen and oxygen atoms in total. The van der Waals surface area contributed by atoms with E-state index < -0.39 is 18.0 Å². The van der Waals surface area contributed by atoms with Crippen molar-refractivity contribution in [2.45, 2.75) is 18.5 Å². The number of Topliss-reactive ketones (excluding diaryl/α,β-unsaturated/α-hetero) is 2. The number of hydrogen-bond donors (Lipinski definition) is 1. The zero-order chi connectivity index (χ0) is 21.4. The number of aromatic amines is 1. The molecule has 2 amide bonds. The van der Waals surface area contributed by atoms with Crippen LogP contribution in [0.15, 0.2) is 48.5 Å². The van der Waals surface area contributed by atoms with Crippen LogP contribution in [-0.2, 0) is 16.0 Å². The molecule has 1 aromatic heterocycles. The largest absolute Gasteiger partial charge is 0.356 e. The number of rotatable bonds is 1. The summed E-state index contributed by atoms with van der Waals surface area (Å²) < 4.78 is 0. The molecule has 0 spiro atoms. The number of amides is 2. The van der Waals surface area contributed by atoms with Gasteiger partial charge in [0.1, 0.15) is 12.0 Å². The minimum absolute atomic E-state index is 0.0660. The van der Waals surface area contributed by atoms with Gasteiger partial charge in [-0.25, -0.2) is 0 Å². The highest BCUT2D eigenvalue weighted by Crippen LogP contribution is 2.46. The number of piperazine rings is 1. The van der Waals surface area contributed by atoms with Crippen LogP contribution in [0, 0.1) is 5.92 Å². The number of fused-ring (bicyclic) bond motifs is 5. The first-order valence-corrected chi connectivity index (χ1v) is 10.3. The lowest BCUT2D eigenvalue weighted by molar-refractivity contribution is -0.158. The summed E-state index contributed by atoms with van der Waals surface area (Å²) in [6.07, 6.45) is 0.354. The van der Waals surface area contributed by atoms with Crippen molar-refractivity contribution in [2.75, 3.05) is 13.6 Å². The highest BCUT2D eigenvalue weighted by Gasteiger charge is 2.54. The van der Waals surface area contributed by atoms with E-state index in [1.807, 2.05) is 24.3 Å². The quantitative estimate of drug-likeness (QED) is 0.619. The molecule has 7 heteroatoms. The Kier molecular flexibility index (Phi) is 3.57. The summed E-state index contributed by atoms with van der Waals surface area (Å²) in [4.78, 5) is 59.3. The second-order valence-electron chi connectivity index (χ2n) is 8.47. The Hall–Kier alpha value is -3.74. The molecule has 1 N–H and O–H groups in total. The summed E-state index contributed by atoms with van der Waals surface area (Å²) in [7, 11) is 1.61. The van der Waals surface area contributed by atoms with Gasteiger partial charge in [-0.3, -0.25) is 19.2 Å².